The third-order valence-electron chi connectivity index (χ3n) is 5.42. The number of fused-ring (bicyclic) bond motifs is 1. The third-order valence-corrected chi connectivity index (χ3v) is 5.42. The number of hydrogen-bond donors (Lipinski definition) is 1. The minimum atomic E-state index is -1.05. The second-order valence-corrected chi connectivity index (χ2v) is 7.71. The number of nitrogens with zero attached hydrogens (tertiary/aromatic N) is 2. The molecule has 0 fully saturated rings. The summed E-state index contributed by atoms with van der Waals surface area (Å²) in [5, 5.41) is 10.8. The Morgan fingerprint density at radius 3 is 2.32 bits per heavy atom. The van der Waals surface area contributed by atoms with Crippen LogP contribution in [0.5, 0.6) is 0 Å². The highest BCUT2D eigenvalue weighted by atomic mass is 16.5. The van der Waals surface area contributed by atoms with Gasteiger partial charge in [-0.05, 0) is 26.3 Å². The highest BCUT2D eigenvalue weighted by molar-refractivity contribution is 6.23. The smallest absolute Gasteiger partial charge is 0.374 e. The number of para-hydroxylation sites is 1. The van der Waals surface area contributed by atoms with Gasteiger partial charge in [-0.2, -0.15) is 0 Å². The zero-order chi connectivity index (χ0) is 25.1. The summed E-state index contributed by atoms with van der Waals surface area (Å²) >= 11 is 0. The maximum Gasteiger partial charge on any atom is 0.374 e. The Balaban J connectivity index is 2.69. The molecule has 1 atom stereocenters. The summed E-state index contributed by atoms with van der Waals surface area (Å²) in [5.41, 5.74) is 0.917. The summed E-state index contributed by atoms with van der Waals surface area (Å²) in [6.45, 7) is 5.80. The van der Waals surface area contributed by atoms with Crippen molar-refractivity contribution in [2.45, 2.75) is 58.9 Å². The number of aliphatic hydroxyl groups is 1. The summed E-state index contributed by atoms with van der Waals surface area (Å²) in [6.07, 6.45) is 3.73. The van der Waals surface area contributed by atoms with Crippen LogP contribution in [-0.2, 0) is 28.6 Å². The lowest BCUT2D eigenvalue weighted by molar-refractivity contribution is -0.144. The third kappa shape index (κ3) is 6.59. The number of carbonyl (C=O) groups excluding carboxylic acids is 3. The first-order chi connectivity index (χ1) is 16.4. The topological polar surface area (TPSA) is 115 Å². The molecular weight excluding hydrogens is 440 g/mol. The lowest BCUT2D eigenvalue weighted by Gasteiger charge is -2.38. The maximum atomic E-state index is 13.0. The predicted molar refractivity (Wildman–Crippen MR) is 127 cm³/mol. The number of ether oxygens (including phenoxy) is 3. The average molecular weight is 475 g/mol. The monoisotopic (exact) mass is 474 g/mol. The van der Waals surface area contributed by atoms with E-state index < -0.39 is 29.7 Å². The van der Waals surface area contributed by atoms with Crippen LogP contribution in [0.2, 0.25) is 0 Å². The molecule has 1 aliphatic rings. The first kappa shape index (κ1) is 26.9. The van der Waals surface area contributed by atoms with Crippen LogP contribution in [-0.4, -0.2) is 60.6 Å². The van der Waals surface area contributed by atoms with Crippen LogP contribution in [0.4, 0.5) is 5.69 Å². The minimum absolute atomic E-state index is 0.00339. The van der Waals surface area contributed by atoms with Crippen molar-refractivity contribution in [1.29, 1.82) is 0 Å². The quantitative estimate of drug-likeness (QED) is 0.158. The number of amidine groups is 1. The molecule has 1 aromatic carbocycles. The van der Waals surface area contributed by atoms with E-state index in [1.54, 1.807) is 30.9 Å². The van der Waals surface area contributed by atoms with E-state index in [1.165, 1.54) is 7.11 Å². The van der Waals surface area contributed by atoms with E-state index >= 15 is 0 Å². The van der Waals surface area contributed by atoms with Crippen molar-refractivity contribution in [2.75, 3.05) is 26.9 Å². The van der Waals surface area contributed by atoms with E-state index in [4.69, 9.17) is 14.2 Å². The highest BCUT2D eigenvalue weighted by Crippen LogP contribution is 2.39. The Morgan fingerprint density at radius 1 is 1.00 bits per heavy atom. The molecule has 9 heteroatoms. The Labute approximate surface area is 200 Å². The average Bonchev–Trinajstić information content (AvgIpc) is 2.83. The normalized spacial score (nSPS) is 15.6. The zero-order valence-corrected chi connectivity index (χ0v) is 20.3. The summed E-state index contributed by atoms with van der Waals surface area (Å²) in [6, 6.07) is 6.72. The molecule has 1 unspecified atom stereocenters. The lowest BCUT2D eigenvalue weighted by atomic mass is 9.95. The molecule has 0 bridgehead atoms. The van der Waals surface area contributed by atoms with Gasteiger partial charge in [-0.25, -0.2) is 14.6 Å². The molecule has 9 nitrogen and oxygen atoms in total. The number of methoxy groups -OCH3 is 1. The summed E-state index contributed by atoms with van der Waals surface area (Å²) in [5.74, 6) is -3.21. The van der Waals surface area contributed by atoms with Crippen molar-refractivity contribution in [1.82, 2.24) is 4.90 Å². The lowest BCUT2D eigenvalue weighted by Crippen LogP contribution is -2.42. The molecule has 0 saturated carbocycles. The molecule has 0 amide bonds. The van der Waals surface area contributed by atoms with E-state index in [-0.39, 0.29) is 31.0 Å². The molecule has 2 rings (SSSR count). The fraction of sp³-hybridized carbons (Fsp3) is 0.520. The second-order valence-electron chi connectivity index (χ2n) is 7.71. The molecule has 1 aromatic rings. The number of aliphatic hydroxyl groups excluding tert-OH is 1. The maximum absolute atomic E-state index is 13.0. The van der Waals surface area contributed by atoms with Gasteiger partial charge in [0.05, 0.1) is 38.5 Å². The number of rotatable bonds is 12. The van der Waals surface area contributed by atoms with Crippen molar-refractivity contribution in [3.05, 3.63) is 41.2 Å². The van der Waals surface area contributed by atoms with Gasteiger partial charge in [-0.1, -0.05) is 44.4 Å². The van der Waals surface area contributed by atoms with Crippen LogP contribution in [0.1, 0.15) is 64.5 Å². The van der Waals surface area contributed by atoms with Gasteiger partial charge in [-0.15, -0.1) is 0 Å². The van der Waals surface area contributed by atoms with Gasteiger partial charge in [0.1, 0.15) is 5.84 Å². The number of esters is 3. The SMILES string of the molecule is CCCCCCN1C(/C(C(=O)OCC)=C(/O)C(=O)OCC)=Nc2ccccc2C1CC(=O)OC. The molecule has 0 aliphatic carbocycles. The molecule has 186 valence electrons. The fourth-order valence-electron chi connectivity index (χ4n) is 3.80. The van der Waals surface area contributed by atoms with E-state index in [0.717, 1.165) is 31.2 Å². The highest BCUT2D eigenvalue weighted by Gasteiger charge is 2.38. The molecule has 34 heavy (non-hydrogen) atoms. The van der Waals surface area contributed by atoms with Gasteiger partial charge >= 0.3 is 17.9 Å². The summed E-state index contributed by atoms with van der Waals surface area (Å²) in [4.78, 5) is 44.1. The first-order valence-corrected chi connectivity index (χ1v) is 11.7. The number of unbranched alkanes of at least 4 members (excludes halogenated alkanes) is 3. The Kier molecular flexibility index (Phi) is 10.6. The van der Waals surface area contributed by atoms with Gasteiger partial charge in [0.2, 0.25) is 5.76 Å². The first-order valence-electron chi connectivity index (χ1n) is 11.7. The van der Waals surface area contributed by atoms with Crippen LogP contribution < -0.4 is 0 Å². The number of carbonyl (C=O) groups is 3. The molecule has 0 radical (unpaired) electrons. The second kappa shape index (κ2) is 13.4. The van der Waals surface area contributed by atoms with Crippen LogP contribution in [0, 0.1) is 0 Å². The summed E-state index contributed by atoms with van der Waals surface area (Å²) < 4.78 is 15.0. The number of benzene rings is 1. The van der Waals surface area contributed by atoms with Gasteiger partial charge in [0.25, 0.3) is 0 Å². The van der Waals surface area contributed by atoms with Gasteiger partial charge in [0, 0.05) is 12.1 Å². The Hall–Kier alpha value is -3.36. The van der Waals surface area contributed by atoms with Crippen LogP contribution in [0.15, 0.2) is 40.6 Å². The van der Waals surface area contributed by atoms with E-state index in [2.05, 4.69) is 11.9 Å². The standard InChI is InChI=1S/C25H34N2O7/c1-5-8-9-12-15-27-19(16-20(28)32-4)17-13-10-11-14-18(17)26-23(27)21(24(30)33-6-2)22(29)25(31)34-7-3/h10-11,13-14,19,29H,5-9,12,15-16H2,1-4H3/b22-21-. The van der Waals surface area contributed by atoms with Crippen molar-refractivity contribution < 1.29 is 33.7 Å². The van der Waals surface area contributed by atoms with E-state index in [9.17, 15) is 19.5 Å². The van der Waals surface area contributed by atoms with Crippen LogP contribution >= 0.6 is 0 Å². The van der Waals surface area contributed by atoms with Crippen LogP contribution in [0.3, 0.4) is 0 Å². The number of aliphatic imine (C=N–C) groups is 1. The molecule has 0 saturated heterocycles. The predicted octanol–water partition coefficient (Wildman–Crippen LogP) is 4.16. The van der Waals surface area contributed by atoms with Gasteiger partial charge in [0.15, 0.2) is 5.57 Å². The zero-order valence-electron chi connectivity index (χ0n) is 20.3. The molecule has 1 aliphatic heterocycles. The molecule has 0 spiro atoms. The fourth-order valence-corrected chi connectivity index (χ4v) is 3.80. The van der Waals surface area contributed by atoms with Crippen LogP contribution in [0.25, 0.3) is 0 Å². The Morgan fingerprint density at radius 2 is 1.68 bits per heavy atom. The number of hydrogen-bond acceptors (Lipinski definition) is 9. The van der Waals surface area contributed by atoms with Crippen molar-refractivity contribution in [3.8, 4) is 0 Å². The minimum Gasteiger partial charge on any atom is -0.501 e. The van der Waals surface area contributed by atoms with Gasteiger partial charge < -0.3 is 24.2 Å². The van der Waals surface area contributed by atoms with Crippen molar-refractivity contribution in [3.63, 3.8) is 0 Å². The summed E-state index contributed by atoms with van der Waals surface area (Å²) in [7, 11) is 1.31. The molecule has 1 heterocycles. The molecular formula is C25H34N2O7. The molecule has 0 aromatic heterocycles. The van der Waals surface area contributed by atoms with Gasteiger partial charge in [-0.3, -0.25) is 4.79 Å². The van der Waals surface area contributed by atoms with Crippen molar-refractivity contribution in [2.24, 2.45) is 4.99 Å². The van der Waals surface area contributed by atoms with Crippen molar-refractivity contribution >= 4 is 29.4 Å². The van der Waals surface area contributed by atoms with E-state index in [1.807, 2.05) is 12.1 Å². The largest absolute Gasteiger partial charge is 0.501 e. The Bertz CT molecular complexity index is 939. The van der Waals surface area contributed by atoms with E-state index in [0.29, 0.717) is 12.2 Å². The molecule has 1 N–H and O–H groups in total.